The van der Waals surface area contributed by atoms with Crippen LogP contribution in [0, 0.1) is 5.92 Å². The number of sulfone groups is 1. The minimum Gasteiger partial charge on any atom is -0.356 e. The maximum absolute atomic E-state index is 11.8. The van der Waals surface area contributed by atoms with E-state index in [0.29, 0.717) is 22.9 Å². The van der Waals surface area contributed by atoms with Crippen molar-refractivity contribution >= 4 is 15.7 Å². The van der Waals surface area contributed by atoms with Gasteiger partial charge in [0, 0.05) is 25.5 Å². The maximum Gasteiger partial charge on any atom is 0.178 e. The molecule has 7 nitrogen and oxygen atoms in total. The van der Waals surface area contributed by atoms with Crippen LogP contribution in [0.2, 0.25) is 0 Å². The average Bonchev–Trinajstić information content (AvgIpc) is 2.97. The Morgan fingerprint density at radius 1 is 1.45 bits per heavy atom. The highest BCUT2D eigenvalue weighted by Gasteiger charge is 2.24. The summed E-state index contributed by atoms with van der Waals surface area (Å²) >= 11 is 0. The number of nitrogens with zero attached hydrogens (tertiary/aromatic N) is 4. The van der Waals surface area contributed by atoms with Crippen LogP contribution in [0.1, 0.15) is 18.5 Å². The van der Waals surface area contributed by atoms with E-state index in [1.165, 1.54) is 12.5 Å². The highest BCUT2D eigenvalue weighted by atomic mass is 32.2. The number of hydrogen-bond acceptors (Lipinski definition) is 6. The molecule has 0 aromatic carbocycles. The summed E-state index contributed by atoms with van der Waals surface area (Å²) in [5.74, 6) is 1.30. The molecule has 8 heteroatoms. The lowest BCUT2D eigenvalue weighted by Gasteiger charge is -2.33. The van der Waals surface area contributed by atoms with Gasteiger partial charge in [-0.1, -0.05) is 0 Å². The molecule has 3 heterocycles. The third-order valence-electron chi connectivity index (χ3n) is 3.98. The molecule has 118 valence electrons. The lowest BCUT2D eigenvalue weighted by molar-refractivity contribution is 0.406. The molecule has 0 saturated carbocycles. The van der Waals surface area contributed by atoms with Crippen molar-refractivity contribution in [3.05, 3.63) is 30.5 Å². The van der Waals surface area contributed by atoms with E-state index >= 15 is 0 Å². The van der Waals surface area contributed by atoms with Crippen LogP contribution < -0.4 is 4.90 Å². The fourth-order valence-corrected chi connectivity index (χ4v) is 3.79. The lowest BCUT2D eigenvalue weighted by Crippen LogP contribution is -2.36. The van der Waals surface area contributed by atoms with Crippen molar-refractivity contribution in [2.45, 2.75) is 24.2 Å². The normalized spacial score (nSPS) is 19.3. The summed E-state index contributed by atoms with van der Waals surface area (Å²) in [6.07, 6.45) is 8.73. The Morgan fingerprint density at radius 2 is 2.32 bits per heavy atom. The van der Waals surface area contributed by atoms with E-state index < -0.39 is 9.84 Å². The Labute approximate surface area is 129 Å². The summed E-state index contributed by atoms with van der Waals surface area (Å²) in [7, 11) is -3.23. The Morgan fingerprint density at radius 3 is 3.05 bits per heavy atom. The van der Waals surface area contributed by atoms with Gasteiger partial charge in [-0.3, -0.25) is 5.10 Å². The topological polar surface area (TPSA) is 91.8 Å². The van der Waals surface area contributed by atoms with Gasteiger partial charge in [-0.25, -0.2) is 18.4 Å². The first kappa shape index (κ1) is 15.0. The summed E-state index contributed by atoms with van der Waals surface area (Å²) in [6, 6.07) is 1.90. The largest absolute Gasteiger partial charge is 0.356 e. The van der Waals surface area contributed by atoms with Crippen molar-refractivity contribution in [3.8, 4) is 0 Å². The molecule has 1 atom stereocenters. The first-order valence-electron chi connectivity index (χ1n) is 7.27. The van der Waals surface area contributed by atoms with Crippen LogP contribution in [-0.4, -0.2) is 47.9 Å². The van der Waals surface area contributed by atoms with Crippen LogP contribution in [0.4, 0.5) is 5.82 Å². The molecule has 2 aromatic heterocycles. The molecule has 0 radical (unpaired) electrons. The molecule has 2 aromatic rings. The predicted octanol–water partition coefficient (Wildman–Crippen LogP) is 1.06. The summed E-state index contributed by atoms with van der Waals surface area (Å²) < 4.78 is 23.5. The highest BCUT2D eigenvalue weighted by Crippen LogP contribution is 2.25. The molecule has 0 aliphatic carbocycles. The molecule has 1 aliphatic heterocycles. The average molecular weight is 321 g/mol. The monoisotopic (exact) mass is 321 g/mol. The number of hydrogen-bond donors (Lipinski definition) is 1. The number of rotatable bonds is 4. The van der Waals surface area contributed by atoms with E-state index in [2.05, 4.69) is 25.1 Å². The fourth-order valence-electron chi connectivity index (χ4n) is 2.97. The number of nitrogens with one attached hydrogen (secondary N) is 1. The molecular formula is C14H19N5O2S. The van der Waals surface area contributed by atoms with E-state index in [-0.39, 0.29) is 0 Å². The zero-order valence-corrected chi connectivity index (χ0v) is 13.3. The van der Waals surface area contributed by atoms with Crippen LogP contribution in [0.5, 0.6) is 0 Å². The second-order valence-corrected chi connectivity index (χ2v) is 7.70. The number of aromatic nitrogens is 4. The van der Waals surface area contributed by atoms with Gasteiger partial charge in [0.1, 0.15) is 17.0 Å². The van der Waals surface area contributed by atoms with Crippen LogP contribution in [0.15, 0.2) is 29.7 Å². The van der Waals surface area contributed by atoms with E-state index in [1.807, 2.05) is 6.07 Å². The van der Waals surface area contributed by atoms with Gasteiger partial charge in [-0.05, 0) is 31.2 Å². The van der Waals surface area contributed by atoms with E-state index in [9.17, 15) is 8.42 Å². The van der Waals surface area contributed by atoms with Crippen molar-refractivity contribution in [2.75, 3.05) is 24.2 Å². The first-order valence-corrected chi connectivity index (χ1v) is 9.16. The highest BCUT2D eigenvalue weighted by molar-refractivity contribution is 7.90. The van der Waals surface area contributed by atoms with Gasteiger partial charge in [0.05, 0.1) is 11.9 Å². The van der Waals surface area contributed by atoms with Crippen molar-refractivity contribution in [1.29, 1.82) is 0 Å². The van der Waals surface area contributed by atoms with E-state index in [4.69, 9.17) is 0 Å². The van der Waals surface area contributed by atoms with Crippen molar-refractivity contribution in [2.24, 2.45) is 5.92 Å². The van der Waals surface area contributed by atoms with Gasteiger partial charge in [0.25, 0.3) is 0 Å². The first-order chi connectivity index (χ1) is 10.5. The van der Waals surface area contributed by atoms with Gasteiger partial charge >= 0.3 is 0 Å². The molecular weight excluding hydrogens is 302 g/mol. The lowest BCUT2D eigenvalue weighted by atomic mass is 9.93. The van der Waals surface area contributed by atoms with Gasteiger partial charge in [-0.2, -0.15) is 5.10 Å². The number of piperidine rings is 1. The van der Waals surface area contributed by atoms with Crippen molar-refractivity contribution < 1.29 is 8.42 Å². The number of anilines is 1. The van der Waals surface area contributed by atoms with Crippen molar-refractivity contribution in [3.63, 3.8) is 0 Å². The van der Waals surface area contributed by atoms with Crippen molar-refractivity contribution in [1.82, 2.24) is 20.2 Å². The number of H-pyrrole nitrogens is 1. The quantitative estimate of drug-likeness (QED) is 0.905. The van der Waals surface area contributed by atoms with Crippen LogP contribution in [0.25, 0.3) is 0 Å². The number of aromatic amines is 1. The maximum atomic E-state index is 11.8. The SMILES string of the molecule is CS(=O)(=O)c1cn[nH]c1C[C@@H]1CCCN(c2ccncn2)C1. The third-order valence-corrected chi connectivity index (χ3v) is 5.13. The Hall–Kier alpha value is -1.96. The second-order valence-electron chi connectivity index (χ2n) is 5.71. The van der Waals surface area contributed by atoms with Gasteiger partial charge in [0.2, 0.25) is 0 Å². The molecule has 0 unspecified atom stereocenters. The molecule has 1 aliphatic rings. The summed E-state index contributed by atoms with van der Waals surface area (Å²) in [6.45, 7) is 1.83. The Kier molecular flexibility index (Phi) is 4.10. The molecule has 1 N–H and O–H groups in total. The summed E-state index contributed by atoms with van der Waals surface area (Å²) in [5, 5.41) is 6.73. The summed E-state index contributed by atoms with van der Waals surface area (Å²) in [4.78, 5) is 10.8. The zero-order valence-electron chi connectivity index (χ0n) is 12.4. The molecule has 22 heavy (non-hydrogen) atoms. The minimum absolute atomic E-state index is 0.312. The third kappa shape index (κ3) is 3.27. The van der Waals surface area contributed by atoms with Crippen LogP contribution >= 0.6 is 0 Å². The van der Waals surface area contributed by atoms with E-state index in [1.54, 1.807) is 12.5 Å². The molecule has 0 bridgehead atoms. The Balaban J connectivity index is 1.73. The zero-order chi connectivity index (χ0) is 15.6. The molecule has 1 saturated heterocycles. The van der Waals surface area contributed by atoms with Crippen LogP contribution in [-0.2, 0) is 16.3 Å². The van der Waals surface area contributed by atoms with Gasteiger partial charge < -0.3 is 4.90 Å². The molecule has 0 spiro atoms. The molecule has 1 fully saturated rings. The van der Waals surface area contributed by atoms with Gasteiger partial charge in [0.15, 0.2) is 9.84 Å². The minimum atomic E-state index is -3.23. The Bertz CT molecular complexity index is 729. The second kappa shape index (κ2) is 6.04. The molecule has 3 rings (SSSR count). The predicted molar refractivity (Wildman–Crippen MR) is 82.4 cm³/mol. The van der Waals surface area contributed by atoms with Crippen LogP contribution in [0.3, 0.4) is 0 Å². The fraction of sp³-hybridized carbons (Fsp3) is 0.500. The summed E-state index contributed by atoms with van der Waals surface area (Å²) in [5.41, 5.74) is 0.706. The molecule has 0 amide bonds. The standard InChI is InChI=1S/C14H19N5O2S/c1-22(20,21)13-8-17-18-12(13)7-11-3-2-6-19(9-11)14-4-5-15-10-16-14/h4-5,8,10-11H,2-3,6-7,9H2,1H3,(H,17,18)/t11-/m0/s1. The van der Waals surface area contributed by atoms with E-state index in [0.717, 1.165) is 31.7 Å². The van der Waals surface area contributed by atoms with Gasteiger partial charge in [-0.15, -0.1) is 0 Å². The smallest absolute Gasteiger partial charge is 0.178 e.